The Morgan fingerprint density at radius 2 is 2.29 bits per heavy atom. The summed E-state index contributed by atoms with van der Waals surface area (Å²) >= 11 is 5.18. The number of rotatable bonds is 4. The molecule has 0 amide bonds. The Hall–Kier alpha value is -0.910. The van der Waals surface area contributed by atoms with Crippen molar-refractivity contribution in [2.75, 3.05) is 11.9 Å². The fraction of sp³-hybridized carbons (Fsp3) is 0.250. The quantitative estimate of drug-likeness (QED) is 0.944. The molecule has 90 valence electrons. The van der Waals surface area contributed by atoms with Crippen molar-refractivity contribution < 1.29 is 0 Å². The van der Waals surface area contributed by atoms with Gasteiger partial charge in [0.25, 0.3) is 0 Å². The Morgan fingerprint density at radius 1 is 1.47 bits per heavy atom. The lowest BCUT2D eigenvalue weighted by atomic mass is 10.3. The smallest absolute Gasteiger partial charge is 0.0701 e. The van der Waals surface area contributed by atoms with Gasteiger partial charge in [0.2, 0.25) is 0 Å². The second-order valence-electron chi connectivity index (χ2n) is 3.83. The Labute approximate surface area is 113 Å². The summed E-state index contributed by atoms with van der Waals surface area (Å²) in [6.45, 7) is 1.37. The Balaban J connectivity index is 2.06. The molecule has 2 aromatic heterocycles. The SMILES string of the molecule is CN(Cc1csc(Br)c1)c1ccc(CN)nc1. The number of thiophene rings is 1. The molecule has 2 N–H and O–H groups in total. The van der Waals surface area contributed by atoms with Crippen LogP contribution in [0.2, 0.25) is 0 Å². The number of hydrogen-bond donors (Lipinski definition) is 1. The van der Waals surface area contributed by atoms with Crippen molar-refractivity contribution >= 4 is 33.0 Å². The van der Waals surface area contributed by atoms with Gasteiger partial charge in [-0.25, -0.2) is 0 Å². The van der Waals surface area contributed by atoms with Gasteiger partial charge in [0.1, 0.15) is 0 Å². The van der Waals surface area contributed by atoms with E-state index in [9.17, 15) is 0 Å². The molecule has 0 unspecified atom stereocenters. The second-order valence-corrected chi connectivity index (χ2v) is 6.12. The highest BCUT2D eigenvalue weighted by Gasteiger charge is 2.04. The van der Waals surface area contributed by atoms with Gasteiger partial charge in [0, 0.05) is 20.1 Å². The van der Waals surface area contributed by atoms with Crippen LogP contribution in [0.5, 0.6) is 0 Å². The van der Waals surface area contributed by atoms with Crippen LogP contribution in [0.15, 0.2) is 33.6 Å². The molecule has 0 fully saturated rings. The highest BCUT2D eigenvalue weighted by Crippen LogP contribution is 2.23. The molecule has 0 bridgehead atoms. The summed E-state index contributed by atoms with van der Waals surface area (Å²) in [6.07, 6.45) is 1.86. The van der Waals surface area contributed by atoms with E-state index in [-0.39, 0.29) is 0 Å². The van der Waals surface area contributed by atoms with Gasteiger partial charge in [0.05, 0.1) is 21.4 Å². The van der Waals surface area contributed by atoms with Crippen molar-refractivity contribution in [3.63, 3.8) is 0 Å². The van der Waals surface area contributed by atoms with E-state index in [1.54, 1.807) is 11.3 Å². The average molecular weight is 312 g/mol. The maximum absolute atomic E-state index is 5.52. The summed E-state index contributed by atoms with van der Waals surface area (Å²) in [5, 5.41) is 2.16. The third-order valence-corrected chi connectivity index (χ3v) is 4.05. The van der Waals surface area contributed by atoms with E-state index in [0.29, 0.717) is 6.54 Å². The molecule has 0 spiro atoms. The first kappa shape index (κ1) is 12.5. The largest absolute Gasteiger partial charge is 0.369 e. The van der Waals surface area contributed by atoms with Crippen LogP contribution >= 0.6 is 27.3 Å². The molecule has 17 heavy (non-hydrogen) atoms. The van der Waals surface area contributed by atoms with E-state index in [2.05, 4.69) is 50.4 Å². The summed E-state index contributed by atoms with van der Waals surface area (Å²) in [6, 6.07) is 6.16. The zero-order valence-corrected chi connectivity index (χ0v) is 12.0. The first-order chi connectivity index (χ1) is 8.19. The second kappa shape index (κ2) is 5.62. The Bertz CT molecular complexity index is 481. The van der Waals surface area contributed by atoms with Crippen molar-refractivity contribution in [1.29, 1.82) is 0 Å². The molecular weight excluding hydrogens is 298 g/mol. The van der Waals surface area contributed by atoms with Crippen LogP contribution in [0, 0.1) is 0 Å². The van der Waals surface area contributed by atoms with Gasteiger partial charge in [-0.3, -0.25) is 4.98 Å². The minimum absolute atomic E-state index is 0.488. The van der Waals surface area contributed by atoms with Gasteiger partial charge in [0.15, 0.2) is 0 Å². The predicted octanol–water partition coefficient (Wildman–Crippen LogP) is 3.00. The van der Waals surface area contributed by atoms with E-state index in [1.807, 2.05) is 12.3 Å². The van der Waals surface area contributed by atoms with Crippen molar-refractivity contribution in [2.45, 2.75) is 13.1 Å². The molecule has 2 aromatic rings. The van der Waals surface area contributed by atoms with Crippen LogP contribution in [-0.4, -0.2) is 12.0 Å². The molecule has 2 rings (SSSR count). The highest BCUT2D eigenvalue weighted by atomic mass is 79.9. The summed E-state index contributed by atoms with van der Waals surface area (Å²) < 4.78 is 1.16. The molecule has 0 aliphatic heterocycles. The standard InChI is InChI=1S/C12H14BrN3S/c1-16(7-9-4-12(13)17-8-9)11-3-2-10(5-14)15-6-11/h2-4,6,8H,5,7,14H2,1H3. The summed E-state index contributed by atoms with van der Waals surface area (Å²) in [5.74, 6) is 0. The van der Waals surface area contributed by atoms with Gasteiger partial charge in [-0.1, -0.05) is 0 Å². The molecule has 0 aliphatic carbocycles. The lowest BCUT2D eigenvalue weighted by Crippen LogP contribution is -2.16. The van der Waals surface area contributed by atoms with Crippen LogP contribution in [0.4, 0.5) is 5.69 Å². The molecule has 2 heterocycles. The van der Waals surface area contributed by atoms with Crippen LogP contribution in [0.25, 0.3) is 0 Å². The topological polar surface area (TPSA) is 42.1 Å². The third-order valence-electron chi connectivity index (χ3n) is 2.50. The third kappa shape index (κ3) is 3.28. The van der Waals surface area contributed by atoms with E-state index < -0.39 is 0 Å². The number of pyridine rings is 1. The fourth-order valence-electron chi connectivity index (χ4n) is 1.56. The van der Waals surface area contributed by atoms with Crippen LogP contribution in [-0.2, 0) is 13.1 Å². The van der Waals surface area contributed by atoms with E-state index in [4.69, 9.17) is 5.73 Å². The zero-order chi connectivity index (χ0) is 12.3. The molecule has 0 saturated heterocycles. The minimum Gasteiger partial charge on any atom is -0.369 e. The van der Waals surface area contributed by atoms with E-state index in [1.165, 1.54) is 5.56 Å². The molecule has 0 aromatic carbocycles. The molecular formula is C12H14BrN3S. The highest BCUT2D eigenvalue weighted by molar-refractivity contribution is 9.11. The monoisotopic (exact) mass is 311 g/mol. The first-order valence-electron chi connectivity index (χ1n) is 5.28. The average Bonchev–Trinajstić information content (AvgIpc) is 2.75. The van der Waals surface area contributed by atoms with Crippen molar-refractivity contribution in [3.8, 4) is 0 Å². The van der Waals surface area contributed by atoms with Gasteiger partial charge in [-0.15, -0.1) is 11.3 Å². The lowest BCUT2D eigenvalue weighted by Gasteiger charge is -2.18. The van der Waals surface area contributed by atoms with Crippen molar-refractivity contribution in [2.24, 2.45) is 5.73 Å². The van der Waals surface area contributed by atoms with Gasteiger partial charge >= 0.3 is 0 Å². The summed E-state index contributed by atoms with van der Waals surface area (Å²) in [5.41, 5.74) is 8.84. The summed E-state index contributed by atoms with van der Waals surface area (Å²) in [7, 11) is 2.06. The Kier molecular flexibility index (Phi) is 4.15. The molecule has 3 nitrogen and oxygen atoms in total. The maximum atomic E-state index is 5.52. The zero-order valence-electron chi connectivity index (χ0n) is 9.56. The molecule has 0 aliphatic rings. The first-order valence-corrected chi connectivity index (χ1v) is 6.95. The fourth-order valence-corrected chi connectivity index (χ4v) is 2.76. The maximum Gasteiger partial charge on any atom is 0.0701 e. The van der Waals surface area contributed by atoms with Crippen molar-refractivity contribution in [1.82, 2.24) is 4.98 Å². The number of aromatic nitrogens is 1. The molecule has 0 atom stereocenters. The minimum atomic E-state index is 0.488. The van der Waals surface area contributed by atoms with E-state index >= 15 is 0 Å². The summed E-state index contributed by atoms with van der Waals surface area (Å²) in [4.78, 5) is 6.46. The number of hydrogen-bond acceptors (Lipinski definition) is 4. The Morgan fingerprint density at radius 3 is 2.82 bits per heavy atom. The molecule has 0 radical (unpaired) electrons. The van der Waals surface area contributed by atoms with Crippen LogP contribution in [0.1, 0.15) is 11.3 Å². The number of halogens is 1. The van der Waals surface area contributed by atoms with Gasteiger partial charge in [-0.2, -0.15) is 0 Å². The molecule has 5 heteroatoms. The molecule has 0 saturated carbocycles. The number of nitrogens with two attached hydrogens (primary N) is 1. The number of anilines is 1. The number of nitrogens with zero attached hydrogens (tertiary/aromatic N) is 2. The normalized spacial score (nSPS) is 10.5. The van der Waals surface area contributed by atoms with Gasteiger partial charge in [-0.05, 0) is 45.1 Å². The predicted molar refractivity (Wildman–Crippen MR) is 76.3 cm³/mol. The lowest BCUT2D eigenvalue weighted by molar-refractivity contribution is 0.911. The van der Waals surface area contributed by atoms with Crippen molar-refractivity contribution in [3.05, 3.63) is 44.8 Å². The van der Waals surface area contributed by atoms with E-state index in [0.717, 1.165) is 21.7 Å². The van der Waals surface area contributed by atoms with Crippen LogP contribution < -0.4 is 10.6 Å². The van der Waals surface area contributed by atoms with Crippen LogP contribution in [0.3, 0.4) is 0 Å². The van der Waals surface area contributed by atoms with Gasteiger partial charge < -0.3 is 10.6 Å².